The molecule has 128 valence electrons. The van der Waals surface area contributed by atoms with Crippen molar-refractivity contribution in [3.63, 3.8) is 0 Å². The van der Waals surface area contributed by atoms with Gasteiger partial charge in [0, 0.05) is 18.0 Å². The molecule has 0 radical (unpaired) electrons. The van der Waals surface area contributed by atoms with Gasteiger partial charge in [-0.1, -0.05) is 40.5 Å². The van der Waals surface area contributed by atoms with Crippen LogP contribution in [0.2, 0.25) is 10.0 Å². The van der Waals surface area contributed by atoms with Crippen LogP contribution < -0.4 is 10.9 Å². The fourth-order valence-electron chi connectivity index (χ4n) is 2.36. The highest BCUT2D eigenvalue weighted by Gasteiger charge is 2.08. The van der Waals surface area contributed by atoms with Gasteiger partial charge in [-0.3, -0.25) is 9.59 Å². The number of nitrogens with zero attached hydrogens (tertiary/aromatic N) is 3. The molecule has 3 aromatic rings. The summed E-state index contributed by atoms with van der Waals surface area (Å²) >= 11 is 11.8. The number of aryl methyl sites for hydroxylation is 1. The number of rotatable bonds is 5. The van der Waals surface area contributed by atoms with Crippen molar-refractivity contribution in [2.24, 2.45) is 0 Å². The Kier molecular flexibility index (Phi) is 5.31. The minimum atomic E-state index is -0.216. The summed E-state index contributed by atoms with van der Waals surface area (Å²) in [5.74, 6) is -0.203. The van der Waals surface area contributed by atoms with Gasteiger partial charge in [0.05, 0.1) is 16.1 Å². The van der Waals surface area contributed by atoms with Crippen molar-refractivity contribution >= 4 is 45.7 Å². The van der Waals surface area contributed by atoms with E-state index in [0.29, 0.717) is 39.6 Å². The van der Waals surface area contributed by atoms with E-state index in [2.05, 4.69) is 15.6 Å². The number of amides is 1. The number of nitrogens with one attached hydrogen (secondary N) is 1. The molecule has 1 N–H and O–H groups in total. The van der Waals surface area contributed by atoms with Crippen LogP contribution in [-0.2, 0) is 11.3 Å². The molecule has 0 unspecified atom stereocenters. The Morgan fingerprint density at radius 1 is 1.16 bits per heavy atom. The monoisotopic (exact) mass is 376 g/mol. The molecule has 0 aliphatic heterocycles. The minimum absolute atomic E-state index is 0.203. The summed E-state index contributed by atoms with van der Waals surface area (Å²) in [6.45, 7) is 0.304. The number of halogens is 2. The van der Waals surface area contributed by atoms with Gasteiger partial charge in [0.15, 0.2) is 0 Å². The van der Waals surface area contributed by atoms with Gasteiger partial charge in [0.1, 0.15) is 5.52 Å². The molecule has 0 aliphatic rings. The molecule has 0 fully saturated rings. The van der Waals surface area contributed by atoms with Crippen molar-refractivity contribution in [1.29, 1.82) is 0 Å². The smallest absolute Gasteiger partial charge is 0.277 e. The van der Waals surface area contributed by atoms with Gasteiger partial charge in [-0.05, 0) is 36.8 Å². The third kappa shape index (κ3) is 4.15. The molecule has 0 saturated heterocycles. The zero-order valence-corrected chi connectivity index (χ0v) is 14.6. The first-order valence-electron chi connectivity index (χ1n) is 7.62. The summed E-state index contributed by atoms with van der Waals surface area (Å²) in [4.78, 5) is 24.3. The molecule has 2 aromatic carbocycles. The lowest BCUT2D eigenvalue weighted by Crippen LogP contribution is -2.25. The number of fused-ring (bicyclic) bond motifs is 1. The number of carbonyl (C=O) groups excluding carboxylic acids is 1. The van der Waals surface area contributed by atoms with Gasteiger partial charge in [0.2, 0.25) is 5.91 Å². The van der Waals surface area contributed by atoms with E-state index < -0.39 is 0 Å². The molecule has 0 aliphatic carbocycles. The Bertz CT molecular complexity index is 988. The van der Waals surface area contributed by atoms with E-state index in [9.17, 15) is 9.59 Å². The van der Waals surface area contributed by atoms with Crippen LogP contribution in [0.4, 0.5) is 5.69 Å². The molecular formula is C17H14Cl2N4O2. The third-order valence-electron chi connectivity index (χ3n) is 3.61. The second kappa shape index (κ2) is 7.63. The zero-order valence-electron chi connectivity index (χ0n) is 13.1. The van der Waals surface area contributed by atoms with E-state index in [1.165, 1.54) is 4.68 Å². The van der Waals surface area contributed by atoms with Crippen molar-refractivity contribution in [3.05, 3.63) is 62.9 Å². The lowest BCUT2D eigenvalue weighted by Gasteiger charge is -2.08. The number of anilines is 1. The van der Waals surface area contributed by atoms with Crippen molar-refractivity contribution in [2.45, 2.75) is 19.4 Å². The summed E-state index contributed by atoms with van der Waals surface area (Å²) < 4.78 is 1.27. The van der Waals surface area contributed by atoms with Crippen LogP contribution in [0.3, 0.4) is 0 Å². The quantitative estimate of drug-likeness (QED) is 0.738. The Hall–Kier alpha value is -2.44. The van der Waals surface area contributed by atoms with Crippen molar-refractivity contribution in [2.75, 3.05) is 5.32 Å². The summed E-state index contributed by atoms with van der Waals surface area (Å²) in [5, 5.41) is 12.0. The van der Waals surface area contributed by atoms with E-state index in [-0.39, 0.29) is 17.9 Å². The number of hydrogen-bond donors (Lipinski definition) is 1. The fraction of sp³-hybridized carbons (Fsp3) is 0.176. The number of aromatic nitrogens is 3. The van der Waals surface area contributed by atoms with Crippen LogP contribution in [-0.4, -0.2) is 20.9 Å². The summed E-state index contributed by atoms with van der Waals surface area (Å²) in [6, 6.07) is 11.9. The number of carbonyl (C=O) groups is 1. The van der Waals surface area contributed by atoms with Crippen molar-refractivity contribution < 1.29 is 4.79 Å². The molecule has 1 heterocycles. The highest BCUT2D eigenvalue weighted by atomic mass is 35.5. The molecule has 0 atom stereocenters. The van der Waals surface area contributed by atoms with Gasteiger partial charge in [-0.15, -0.1) is 5.10 Å². The first-order valence-corrected chi connectivity index (χ1v) is 8.37. The molecule has 0 saturated carbocycles. The van der Waals surface area contributed by atoms with E-state index in [0.717, 1.165) is 0 Å². The molecule has 0 spiro atoms. The first kappa shape index (κ1) is 17.4. The maximum atomic E-state index is 12.3. The molecular weight excluding hydrogens is 363 g/mol. The van der Waals surface area contributed by atoms with Crippen LogP contribution in [0, 0.1) is 0 Å². The van der Waals surface area contributed by atoms with Crippen LogP contribution in [0.25, 0.3) is 10.9 Å². The Balaban J connectivity index is 1.60. The predicted octanol–water partition coefficient (Wildman–Crippen LogP) is 3.52. The van der Waals surface area contributed by atoms with Gasteiger partial charge in [-0.25, -0.2) is 4.68 Å². The second-order valence-electron chi connectivity index (χ2n) is 5.41. The number of benzene rings is 2. The lowest BCUT2D eigenvalue weighted by molar-refractivity contribution is -0.116. The van der Waals surface area contributed by atoms with Gasteiger partial charge in [0.25, 0.3) is 5.56 Å². The van der Waals surface area contributed by atoms with Gasteiger partial charge < -0.3 is 5.32 Å². The standard InChI is InChI=1S/C17H14Cl2N4O2/c18-11-7-8-15(13(19)10-11)20-16(24)6-3-9-23-17(25)12-4-1-2-5-14(12)21-22-23/h1-2,4-5,7-8,10H,3,6,9H2,(H,20,24). The average molecular weight is 377 g/mol. The second-order valence-corrected chi connectivity index (χ2v) is 6.25. The van der Waals surface area contributed by atoms with Crippen molar-refractivity contribution in [3.8, 4) is 0 Å². The largest absolute Gasteiger partial charge is 0.325 e. The molecule has 0 bridgehead atoms. The molecule has 6 nitrogen and oxygen atoms in total. The maximum absolute atomic E-state index is 12.3. The Morgan fingerprint density at radius 3 is 2.76 bits per heavy atom. The number of hydrogen-bond acceptors (Lipinski definition) is 4. The third-order valence-corrected chi connectivity index (χ3v) is 4.16. The molecule has 8 heteroatoms. The lowest BCUT2D eigenvalue weighted by atomic mass is 10.2. The van der Waals surface area contributed by atoms with Crippen LogP contribution >= 0.6 is 23.2 Å². The Morgan fingerprint density at radius 2 is 1.96 bits per heavy atom. The molecule has 1 amide bonds. The topological polar surface area (TPSA) is 76.9 Å². The molecule has 3 rings (SSSR count). The Labute approximate surface area is 153 Å². The van der Waals surface area contributed by atoms with E-state index in [1.807, 2.05) is 0 Å². The first-order chi connectivity index (χ1) is 12.0. The fourth-order valence-corrected chi connectivity index (χ4v) is 2.82. The predicted molar refractivity (Wildman–Crippen MR) is 98.1 cm³/mol. The highest BCUT2D eigenvalue weighted by molar-refractivity contribution is 6.36. The van der Waals surface area contributed by atoms with Crippen LogP contribution in [0.15, 0.2) is 47.3 Å². The average Bonchev–Trinajstić information content (AvgIpc) is 2.60. The summed E-state index contributed by atoms with van der Waals surface area (Å²) in [6.07, 6.45) is 0.671. The maximum Gasteiger partial charge on any atom is 0.277 e. The molecule has 1 aromatic heterocycles. The molecule has 25 heavy (non-hydrogen) atoms. The SMILES string of the molecule is O=C(CCCn1nnc2ccccc2c1=O)Nc1ccc(Cl)cc1Cl. The summed E-state index contributed by atoms with van der Waals surface area (Å²) in [5.41, 5.74) is 0.837. The zero-order chi connectivity index (χ0) is 17.8. The van der Waals surface area contributed by atoms with E-state index in [1.54, 1.807) is 42.5 Å². The van der Waals surface area contributed by atoms with Gasteiger partial charge in [-0.2, -0.15) is 0 Å². The summed E-state index contributed by atoms with van der Waals surface area (Å²) in [7, 11) is 0. The van der Waals surface area contributed by atoms with Gasteiger partial charge >= 0.3 is 0 Å². The minimum Gasteiger partial charge on any atom is -0.325 e. The normalized spacial score (nSPS) is 10.8. The van der Waals surface area contributed by atoms with Crippen molar-refractivity contribution in [1.82, 2.24) is 15.0 Å². The van der Waals surface area contributed by atoms with Crippen LogP contribution in [0.5, 0.6) is 0 Å². The van der Waals surface area contributed by atoms with E-state index in [4.69, 9.17) is 23.2 Å². The highest BCUT2D eigenvalue weighted by Crippen LogP contribution is 2.25. The van der Waals surface area contributed by atoms with Crippen LogP contribution in [0.1, 0.15) is 12.8 Å². The van der Waals surface area contributed by atoms with E-state index >= 15 is 0 Å².